The fraction of sp³-hybridized carbons (Fsp3) is 0.235. The molecule has 1 amide bonds. The molecule has 2 N–H and O–H groups in total. The summed E-state index contributed by atoms with van der Waals surface area (Å²) in [5.74, 6) is -1.21. The third-order valence-corrected chi connectivity index (χ3v) is 5.93. The number of carbonyl (C=O) groups excluding carboxylic acids is 1. The summed E-state index contributed by atoms with van der Waals surface area (Å²) in [6.45, 7) is 1.02. The van der Waals surface area contributed by atoms with E-state index >= 15 is 0 Å². The number of benzene rings is 2. The monoisotopic (exact) mass is 364 g/mol. The summed E-state index contributed by atoms with van der Waals surface area (Å²) in [5.41, 5.74) is 6.09. The number of halogens is 1. The van der Waals surface area contributed by atoms with Gasteiger partial charge in [0.05, 0.1) is 18.1 Å². The molecule has 1 saturated heterocycles. The summed E-state index contributed by atoms with van der Waals surface area (Å²) in [7, 11) is -3.89. The van der Waals surface area contributed by atoms with Crippen LogP contribution in [0.3, 0.4) is 0 Å². The summed E-state index contributed by atoms with van der Waals surface area (Å²) < 4.78 is 46.2. The molecule has 0 radical (unpaired) electrons. The van der Waals surface area contributed by atoms with Gasteiger partial charge in [0.25, 0.3) is 0 Å². The third-order valence-electron chi connectivity index (χ3n) is 3.99. The minimum Gasteiger partial charge on any atom is -0.379 e. The molecule has 6 nitrogen and oxygen atoms in total. The molecule has 0 aliphatic carbocycles. The minimum atomic E-state index is -3.89. The van der Waals surface area contributed by atoms with E-state index in [0.717, 1.165) is 0 Å². The number of carbonyl (C=O) groups is 1. The Morgan fingerprint density at radius 3 is 2.48 bits per heavy atom. The van der Waals surface area contributed by atoms with Crippen molar-refractivity contribution in [1.29, 1.82) is 0 Å². The number of hydrogen-bond acceptors (Lipinski definition) is 4. The van der Waals surface area contributed by atoms with Gasteiger partial charge >= 0.3 is 0 Å². The summed E-state index contributed by atoms with van der Waals surface area (Å²) in [6.07, 6.45) is 0. The van der Waals surface area contributed by atoms with Crippen molar-refractivity contribution >= 4 is 15.9 Å². The number of nitrogens with zero attached hydrogens (tertiary/aromatic N) is 1. The zero-order chi connectivity index (χ0) is 18.0. The number of nitrogens with two attached hydrogens (primary N) is 1. The Morgan fingerprint density at radius 1 is 1.12 bits per heavy atom. The molecule has 1 aliphatic heterocycles. The first-order valence-electron chi connectivity index (χ1n) is 7.67. The quantitative estimate of drug-likeness (QED) is 0.893. The molecule has 1 heterocycles. The van der Waals surface area contributed by atoms with E-state index < -0.39 is 21.7 Å². The number of amides is 1. The van der Waals surface area contributed by atoms with Crippen LogP contribution in [0.5, 0.6) is 0 Å². The van der Waals surface area contributed by atoms with E-state index in [9.17, 15) is 17.6 Å². The van der Waals surface area contributed by atoms with Gasteiger partial charge in [-0.25, -0.2) is 12.8 Å². The maximum absolute atomic E-state index is 13.6. The van der Waals surface area contributed by atoms with Gasteiger partial charge in [0.15, 0.2) is 0 Å². The summed E-state index contributed by atoms with van der Waals surface area (Å²) >= 11 is 0. The second-order valence-electron chi connectivity index (χ2n) is 5.60. The number of rotatable bonds is 4. The van der Waals surface area contributed by atoms with Crippen molar-refractivity contribution in [2.24, 2.45) is 5.73 Å². The lowest BCUT2D eigenvalue weighted by Crippen LogP contribution is -2.40. The van der Waals surface area contributed by atoms with Crippen LogP contribution in [0.15, 0.2) is 47.4 Å². The maximum atomic E-state index is 13.6. The van der Waals surface area contributed by atoms with Crippen LogP contribution in [-0.2, 0) is 14.8 Å². The molecular weight excluding hydrogens is 347 g/mol. The number of ether oxygens (including phenoxy) is 1. The van der Waals surface area contributed by atoms with E-state index in [1.807, 2.05) is 0 Å². The molecule has 2 aromatic carbocycles. The van der Waals surface area contributed by atoms with Crippen molar-refractivity contribution in [2.75, 3.05) is 26.3 Å². The Bertz CT molecular complexity index is 909. The average molecular weight is 364 g/mol. The van der Waals surface area contributed by atoms with Crippen LogP contribution >= 0.6 is 0 Å². The first kappa shape index (κ1) is 17.5. The van der Waals surface area contributed by atoms with Gasteiger partial charge in [0.2, 0.25) is 15.9 Å². The van der Waals surface area contributed by atoms with E-state index in [1.165, 1.54) is 40.7 Å². The first-order valence-corrected chi connectivity index (χ1v) is 9.11. The molecule has 132 valence electrons. The zero-order valence-electron chi connectivity index (χ0n) is 13.3. The van der Waals surface area contributed by atoms with E-state index in [-0.39, 0.29) is 23.5 Å². The summed E-state index contributed by atoms with van der Waals surface area (Å²) in [6, 6.07) is 9.78. The molecule has 1 fully saturated rings. The van der Waals surface area contributed by atoms with Gasteiger partial charge in [-0.05, 0) is 29.8 Å². The van der Waals surface area contributed by atoms with Crippen molar-refractivity contribution in [2.45, 2.75) is 4.90 Å². The lowest BCUT2D eigenvalue weighted by molar-refractivity contribution is 0.0730. The Hall–Kier alpha value is -2.29. The van der Waals surface area contributed by atoms with Gasteiger partial charge in [-0.2, -0.15) is 4.31 Å². The van der Waals surface area contributed by atoms with Gasteiger partial charge < -0.3 is 10.5 Å². The van der Waals surface area contributed by atoms with Crippen LogP contribution in [0.1, 0.15) is 10.4 Å². The fourth-order valence-corrected chi connectivity index (χ4v) is 4.36. The predicted octanol–water partition coefficient (Wildman–Crippen LogP) is 1.61. The Kier molecular flexibility index (Phi) is 4.85. The third kappa shape index (κ3) is 3.55. The normalized spacial score (nSPS) is 15.9. The highest BCUT2D eigenvalue weighted by atomic mass is 32.2. The fourth-order valence-electron chi connectivity index (χ4n) is 2.71. The largest absolute Gasteiger partial charge is 0.379 e. The first-order chi connectivity index (χ1) is 11.9. The van der Waals surface area contributed by atoms with Gasteiger partial charge in [0, 0.05) is 24.2 Å². The highest BCUT2D eigenvalue weighted by molar-refractivity contribution is 7.89. The summed E-state index contributed by atoms with van der Waals surface area (Å²) in [5, 5.41) is 0. The Balaban J connectivity index is 2.18. The van der Waals surface area contributed by atoms with Crippen molar-refractivity contribution in [1.82, 2.24) is 4.31 Å². The van der Waals surface area contributed by atoms with Crippen LogP contribution in [0, 0.1) is 5.82 Å². The Labute approximate surface area is 145 Å². The second kappa shape index (κ2) is 6.91. The van der Waals surface area contributed by atoms with E-state index in [1.54, 1.807) is 6.07 Å². The molecule has 0 unspecified atom stereocenters. The second-order valence-corrected chi connectivity index (χ2v) is 7.51. The van der Waals surface area contributed by atoms with Gasteiger partial charge in [-0.15, -0.1) is 0 Å². The lowest BCUT2D eigenvalue weighted by atomic mass is 10.0. The van der Waals surface area contributed by atoms with Crippen LogP contribution in [0.4, 0.5) is 4.39 Å². The van der Waals surface area contributed by atoms with Crippen molar-refractivity contribution in [3.8, 4) is 11.1 Å². The minimum absolute atomic E-state index is 0.0729. The topological polar surface area (TPSA) is 89.7 Å². The number of morpholine rings is 1. The van der Waals surface area contributed by atoms with E-state index in [4.69, 9.17) is 10.5 Å². The van der Waals surface area contributed by atoms with E-state index in [2.05, 4.69) is 0 Å². The van der Waals surface area contributed by atoms with Crippen LogP contribution in [0.25, 0.3) is 11.1 Å². The number of primary amides is 1. The predicted molar refractivity (Wildman–Crippen MR) is 89.9 cm³/mol. The van der Waals surface area contributed by atoms with Crippen LogP contribution in [0.2, 0.25) is 0 Å². The standard InChI is InChI=1S/C17H17FN2O4S/c18-14-3-1-2-12(10-14)15-5-4-13(17(19)21)11-16(15)25(22,23)20-6-8-24-9-7-20/h1-5,10-11H,6-9H2,(H2,19,21). The molecule has 25 heavy (non-hydrogen) atoms. The smallest absolute Gasteiger partial charge is 0.248 e. The van der Waals surface area contributed by atoms with Gasteiger partial charge in [-0.1, -0.05) is 18.2 Å². The molecule has 0 spiro atoms. The average Bonchev–Trinajstić information content (AvgIpc) is 2.62. The molecular formula is C17H17FN2O4S. The van der Waals surface area contributed by atoms with Crippen molar-refractivity contribution < 1.29 is 22.3 Å². The maximum Gasteiger partial charge on any atom is 0.248 e. The number of hydrogen-bond donors (Lipinski definition) is 1. The van der Waals surface area contributed by atoms with E-state index in [0.29, 0.717) is 24.3 Å². The molecule has 1 aliphatic rings. The number of sulfonamides is 1. The lowest BCUT2D eigenvalue weighted by Gasteiger charge is -2.27. The SMILES string of the molecule is NC(=O)c1ccc(-c2cccc(F)c2)c(S(=O)(=O)N2CCOCC2)c1. The molecule has 8 heteroatoms. The van der Waals surface area contributed by atoms with Crippen molar-refractivity contribution in [3.63, 3.8) is 0 Å². The van der Waals surface area contributed by atoms with Gasteiger partial charge in [0.1, 0.15) is 5.82 Å². The molecule has 3 rings (SSSR count). The molecule has 0 saturated carbocycles. The van der Waals surface area contributed by atoms with Gasteiger partial charge in [-0.3, -0.25) is 4.79 Å². The molecule has 0 bridgehead atoms. The highest BCUT2D eigenvalue weighted by Gasteiger charge is 2.29. The van der Waals surface area contributed by atoms with Crippen LogP contribution in [-0.4, -0.2) is 44.9 Å². The van der Waals surface area contributed by atoms with Crippen LogP contribution < -0.4 is 5.73 Å². The Morgan fingerprint density at radius 2 is 1.84 bits per heavy atom. The van der Waals surface area contributed by atoms with Crippen molar-refractivity contribution in [3.05, 3.63) is 53.8 Å². The highest BCUT2D eigenvalue weighted by Crippen LogP contribution is 2.31. The molecule has 2 aromatic rings. The molecule has 0 atom stereocenters. The zero-order valence-corrected chi connectivity index (χ0v) is 14.1. The summed E-state index contributed by atoms with van der Waals surface area (Å²) in [4.78, 5) is 11.4. The molecule has 0 aromatic heterocycles.